The van der Waals surface area contributed by atoms with Crippen LogP contribution in [0.4, 0.5) is 5.95 Å². The Morgan fingerprint density at radius 1 is 1.05 bits per heavy atom. The predicted molar refractivity (Wildman–Crippen MR) is 75.8 cm³/mol. The maximum absolute atomic E-state index is 10.0. The first-order valence-electron chi connectivity index (χ1n) is 6.33. The van der Waals surface area contributed by atoms with Crippen molar-refractivity contribution in [2.45, 2.75) is 26.0 Å². The van der Waals surface area contributed by atoms with Gasteiger partial charge < -0.3 is 10.0 Å². The Balaban J connectivity index is 2.20. The molecule has 0 aliphatic rings. The smallest absolute Gasteiger partial charge is 0.225 e. The monoisotopic (exact) mass is 257 g/mol. The highest BCUT2D eigenvalue weighted by Crippen LogP contribution is 2.15. The van der Waals surface area contributed by atoms with E-state index in [1.165, 1.54) is 5.56 Å². The van der Waals surface area contributed by atoms with E-state index in [1.807, 2.05) is 23.1 Å². The van der Waals surface area contributed by atoms with Gasteiger partial charge in [0.1, 0.15) is 0 Å². The molecular weight excluding hydrogens is 238 g/mol. The molecule has 2 rings (SSSR count). The van der Waals surface area contributed by atoms with Crippen molar-refractivity contribution in [1.29, 1.82) is 0 Å². The minimum Gasteiger partial charge on any atom is -0.389 e. The summed E-state index contributed by atoms with van der Waals surface area (Å²) in [6.07, 6.45) is 3.43. The summed E-state index contributed by atoms with van der Waals surface area (Å²) in [5.41, 5.74) is 0.368. The third-order valence-electron chi connectivity index (χ3n) is 2.63. The standard InChI is InChI=1S/C15H19N3O/c1-15(2,19)12-18(14-16-9-6-10-17-14)11-13-7-4-3-5-8-13/h3-10,19H,11-12H2,1-2H3. The molecule has 0 atom stereocenters. The van der Waals surface area contributed by atoms with Gasteiger partial charge in [-0.15, -0.1) is 0 Å². The van der Waals surface area contributed by atoms with Crippen LogP contribution in [0.5, 0.6) is 0 Å². The van der Waals surface area contributed by atoms with E-state index in [1.54, 1.807) is 32.3 Å². The van der Waals surface area contributed by atoms with Gasteiger partial charge in [0.25, 0.3) is 0 Å². The Kier molecular flexibility index (Phi) is 4.12. The van der Waals surface area contributed by atoms with Gasteiger partial charge in [0, 0.05) is 25.5 Å². The van der Waals surface area contributed by atoms with Crippen molar-refractivity contribution in [2.75, 3.05) is 11.4 Å². The normalized spacial score (nSPS) is 11.3. The first-order chi connectivity index (χ1) is 9.04. The van der Waals surface area contributed by atoms with E-state index in [2.05, 4.69) is 22.1 Å². The predicted octanol–water partition coefficient (Wildman–Crippen LogP) is 2.25. The van der Waals surface area contributed by atoms with Crippen LogP contribution in [-0.2, 0) is 6.54 Å². The summed E-state index contributed by atoms with van der Waals surface area (Å²) in [6, 6.07) is 11.9. The molecule has 0 spiro atoms. The number of aliphatic hydroxyl groups is 1. The summed E-state index contributed by atoms with van der Waals surface area (Å²) in [6.45, 7) is 4.72. The Bertz CT molecular complexity index is 494. The fourth-order valence-electron chi connectivity index (χ4n) is 1.92. The number of rotatable bonds is 5. The molecule has 2 aromatic rings. The van der Waals surface area contributed by atoms with Gasteiger partial charge in [0.15, 0.2) is 0 Å². The second kappa shape index (κ2) is 5.80. The van der Waals surface area contributed by atoms with E-state index in [4.69, 9.17) is 0 Å². The average Bonchev–Trinajstić information content (AvgIpc) is 2.39. The number of nitrogens with zero attached hydrogens (tertiary/aromatic N) is 3. The second-order valence-corrected chi connectivity index (χ2v) is 5.20. The highest BCUT2D eigenvalue weighted by Gasteiger charge is 2.20. The van der Waals surface area contributed by atoms with Crippen LogP contribution in [0, 0.1) is 0 Å². The zero-order chi connectivity index (χ0) is 13.7. The molecule has 0 aliphatic heterocycles. The van der Waals surface area contributed by atoms with E-state index in [0.29, 0.717) is 19.0 Å². The molecule has 0 fully saturated rings. The van der Waals surface area contributed by atoms with Crippen molar-refractivity contribution in [1.82, 2.24) is 9.97 Å². The molecule has 1 aromatic carbocycles. The largest absolute Gasteiger partial charge is 0.389 e. The van der Waals surface area contributed by atoms with Crippen molar-refractivity contribution in [2.24, 2.45) is 0 Å². The number of hydrogen-bond donors (Lipinski definition) is 1. The van der Waals surface area contributed by atoms with Crippen LogP contribution in [0.2, 0.25) is 0 Å². The van der Waals surface area contributed by atoms with E-state index in [-0.39, 0.29) is 0 Å². The first-order valence-corrected chi connectivity index (χ1v) is 6.33. The number of aromatic nitrogens is 2. The van der Waals surface area contributed by atoms with E-state index >= 15 is 0 Å². The zero-order valence-corrected chi connectivity index (χ0v) is 11.3. The summed E-state index contributed by atoms with van der Waals surface area (Å²) in [4.78, 5) is 10.5. The molecule has 1 N–H and O–H groups in total. The zero-order valence-electron chi connectivity index (χ0n) is 11.3. The maximum Gasteiger partial charge on any atom is 0.225 e. The van der Waals surface area contributed by atoms with E-state index < -0.39 is 5.60 Å². The molecule has 19 heavy (non-hydrogen) atoms. The van der Waals surface area contributed by atoms with Gasteiger partial charge in [-0.05, 0) is 25.5 Å². The molecule has 0 bridgehead atoms. The van der Waals surface area contributed by atoms with E-state index in [0.717, 1.165) is 0 Å². The minimum atomic E-state index is -0.798. The molecular formula is C15H19N3O. The molecule has 0 aliphatic carbocycles. The third kappa shape index (κ3) is 4.34. The van der Waals surface area contributed by atoms with Crippen LogP contribution in [0.25, 0.3) is 0 Å². The van der Waals surface area contributed by atoms with Crippen LogP contribution in [-0.4, -0.2) is 27.2 Å². The number of anilines is 1. The Morgan fingerprint density at radius 3 is 2.26 bits per heavy atom. The molecule has 0 unspecified atom stereocenters. The lowest BCUT2D eigenvalue weighted by Gasteiger charge is -2.29. The van der Waals surface area contributed by atoms with Gasteiger partial charge in [0.05, 0.1) is 5.60 Å². The Hall–Kier alpha value is -1.94. The first kappa shape index (κ1) is 13.5. The Labute approximate surface area is 113 Å². The molecule has 0 radical (unpaired) electrons. The van der Waals surface area contributed by atoms with Crippen LogP contribution >= 0.6 is 0 Å². The van der Waals surface area contributed by atoms with Gasteiger partial charge >= 0.3 is 0 Å². The van der Waals surface area contributed by atoms with Crippen LogP contribution < -0.4 is 4.90 Å². The molecule has 4 nitrogen and oxygen atoms in total. The molecule has 0 saturated carbocycles. The van der Waals surface area contributed by atoms with Crippen LogP contribution in [0.15, 0.2) is 48.8 Å². The molecule has 1 heterocycles. The second-order valence-electron chi connectivity index (χ2n) is 5.20. The van der Waals surface area contributed by atoms with Crippen molar-refractivity contribution in [3.05, 3.63) is 54.4 Å². The number of benzene rings is 1. The maximum atomic E-state index is 10.0. The van der Waals surface area contributed by atoms with Gasteiger partial charge in [-0.25, -0.2) is 9.97 Å². The SMILES string of the molecule is CC(C)(O)CN(Cc1ccccc1)c1ncccn1. The quantitative estimate of drug-likeness (QED) is 0.892. The molecule has 1 aromatic heterocycles. The van der Waals surface area contributed by atoms with Crippen molar-refractivity contribution < 1.29 is 5.11 Å². The van der Waals surface area contributed by atoms with Gasteiger partial charge in [-0.2, -0.15) is 0 Å². The summed E-state index contributed by atoms with van der Waals surface area (Å²) in [5.74, 6) is 0.633. The third-order valence-corrected chi connectivity index (χ3v) is 2.63. The molecule has 0 saturated heterocycles. The average molecular weight is 257 g/mol. The van der Waals surface area contributed by atoms with Crippen molar-refractivity contribution >= 4 is 5.95 Å². The number of hydrogen-bond acceptors (Lipinski definition) is 4. The summed E-state index contributed by atoms with van der Waals surface area (Å²) in [7, 11) is 0. The summed E-state index contributed by atoms with van der Waals surface area (Å²) in [5, 5.41) is 10.0. The van der Waals surface area contributed by atoms with Crippen LogP contribution in [0.1, 0.15) is 19.4 Å². The van der Waals surface area contributed by atoms with Crippen molar-refractivity contribution in [3.63, 3.8) is 0 Å². The van der Waals surface area contributed by atoms with Gasteiger partial charge in [-0.1, -0.05) is 30.3 Å². The lowest BCUT2D eigenvalue weighted by Crippen LogP contribution is -2.39. The molecule has 0 amide bonds. The van der Waals surface area contributed by atoms with Crippen LogP contribution in [0.3, 0.4) is 0 Å². The topological polar surface area (TPSA) is 49.2 Å². The molecule has 100 valence electrons. The molecule has 4 heteroatoms. The van der Waals surface area contributed by atoms with E-state index in [9.17, 15) is 5.11 Å². The van der Waals surface area contributed by atoms with Gasteiger partial charge in [0.2, 0.25) is 5.95 Å². The Morgan fingerprint density at radius 2 is 1.68 bits per heavy atom. The fraction of sp³-hybridized carbons (Fsp3) is 0.333. The highest BCUT2D eigenvalue weighted by atomic mass is 16.3. The fourth-order valence-corrected chi connectivity index (χ4v) is 1.92. The van der Waals surface area contributed by atoms with Crippen molar-refractivity contribution in [3.8, 4) is 0 Å². The minimum absolute atomic E-state index is 0.478. The lowest BCUT2D eigenvalue weighted by atomic mass is 10.1. The summed E-state index contributed by atoms with van der Waals surface area (Å²) < 4.78 is 0. The summed E-state index contributed by atoms with van der Waals surface area (Å²) >= 11 is 0. The lowest BCUT2D eigenvalue weighted by molar-refractivity contribution is 0.0866. The highest BCUT2D eigenvalue weighted by molar-refractivity contribution is 5.32. The van der Waals surface area contributed by atoms with Gasteiger partial charge in [-0.3, -0.25) is 0 Å².